The van der Waals surface area contributed by atoms with Gasteiger partial charge in [0.25, 0.3) is 5.69 Å². The van der Waals surface area contributed by atoms with Gasteiger partial charge in [0.05, 0.1) is 24.1 Å². The molecule has 7 nitrogen and oxygen atoms in total. The molecule has 7 heteroatoms. The summed E-state index contributed by atoms with van der Waals surface area (Å²) in [5, 5.41) is 13.5. The lowest BCUT2D eigenvalue weighted by atomic mass is 9.95. The number of carbonyl (C=O) groups is 1. The van der Waals surface area contributed by atoms with Crippen LogP contribution in [0.2, 0.25) is 0 Å². The minimum absolute atomic E-state index is 0.0717. The zero-order chi connectivity index (χ0) is 17.1. The van der Waals surface area contributed by atoms with Crippen molar-refractivity contribution in [1.29, 1.82) is 0 Å². The van der Waals surface area contributed by atoms with E-state index >= 15 is 0 Å². The average molecular weight is 327 g/mol. The van der Waals surface area contributed by atoms with Crippen LogP contribution in [-0.2, 0) is 16.0 Å². The molecule has 1 amide bonds. The Kier molecular flexibility index (Phi) is 4.52. The van der Waals surface area contributed by atoms with Gasteiger partial charge in [0.2, 0.25) is 5.91 Å². The number of fused-ring (bicyclic) bond motifs is 1. The van der Waals surface area contributed by atoms with Gasteiger partial charge < -0.3 is 10.1 Å². The Labute approximate surface area is 138 Å². The maximum atomic E-state index is 12.3. The Bertz CT molecular complexity index is 791. The molecule has 3 rings (SSSR count). The fourth-order valence-electron chi connectivity index (χ4n) is 2.82. The van der Waals surface area contributed by atoms with Crippen LogP contribution in [0.4, 0.5) is 11.5 Å². The fourth-order valence-corrected chi connectivity index (χ4v) is 2.82. The number of amides is 1. The van der Waals surface area contributed by atoms with E-state index in [1.54, 1.807) is 0 Å². The van der Waals surface area contributed by atoms with Gasteiger partial charge in [-0.1, -0.05) is 24.3 Å². The van der Waals surface area contributed by atoms with Crippen LogP contribution in [0.3, 0.4) is 0 Å². The second-order valence-electron chi connectivity index (χ2n) is 5.62. The van der Waals surface area contributed by atoms with Crippen LogP contribution < -0.4 is 5.32 Å². The first-order valence-corrected chi connectivity index (χ1v) is 7.66. The molecule has 0 spiro atoms. The number of nitro groups is 1. The predicted molar refractivity (Wildman–Crippen MR) is 87.7 cm³/mol. The molecule has 1 N–H and O–H groups in total. The second-order valence-corrected chi connectivity index (χ2v) is 5.62. The highest BCUT2D eigenvalue weighted by Gasteiger charge is 2.23. The summed E-state index contributed by atoms with van der Waals surface area (Å²) in [7, 11) is 0. The van der Waals surface area contributed by atoms with Gasteiger partial charge >= 0.3 is 0 Å². The van der Waals surface area contributed by atoms with E-state index in [-0.39, 0.29) is 29.8 Å². The first-order chi connectivity index (χ1) is 11.5. The maximum absolute atomic E-state index is 12.3. The molecular formula is C17H17N3O4. The van der Waals surface area contributed by atoms with Gasteiger partial charge in [0.1, 0.15) is 11.5 Å². The Hall–Kier alpha value is -2.80. The molecule has 0 fully saturated rings. The summed E-state index contributed by atoms with van der Waals surface area (Å²) in [6, 6.07) is 10.7. The number of pyridine rings is 1. The molecule has 0 aliphatic carbocycles. The topological polar surface area (TPSA) is 94.4 Å². The largest absolute Gasteiger partial charge is 0.373 e. The van der Waals surface area contributed by atoms with E-state index in [4.69, 9.17) is 4.74 Å². The second kappa shape index (κ2) is 6.76. The average Bonchev–Trinajstić information content (AvgIpc) is 2.55. The molecule has 1 aliphatic rings. The lowest BCUT2D eigenvalue weighted by Crippen LogP contribution is -2.22. The van der Waals surface area contributed by atoms with E-state index < -0.39 is 4.92 Å². The third-order valence-electron chi connectivity index (χ3n) is 3.99. The fraction of sp³-hybridized carbons (Fsp3) is 0.294. The highest BCUT2D eigenvalue weighted by atomic mass is 16.6. The van der Waals surface area contributed by atoms with Gasteiger partial charge in [-0.3, -0.25) is 14.9 Å². The predicted octanol–water partition coefficient (Wildman–Crippen LogP) is 2.94. The monoisotopic (exact) mass is 327 g/mol. The number of nitrogens with zero attached hydrogens (tertiary/aromatic N) is 2. The number of carbonyl (C=O) groups excluding carboxylic acids is 1. The van der Waals surface area contributed by atoms with Crippen molar-refractivity contribution in [2.75, 3.05) is 11.9 Å². The van der Waals surface area contributed by atoms with Crippen LogP contribution in [0, 0.1) is 17.0 Å². The van der Waals surface area contributed by atoms with Gasteiger partial charge in [-0.05, 0) is 30.5 Å². The van der Waals surface area contributed by atoms with Gasteiger partial charge in [0.15, 0.2) is 0 Å². The van der Waals surface area contributed by atoms with Crippen LogP contribution in [0.25, 0.3) is 0 Å². The lowest BCUT2D eigenvalue weighted by Gasteiger charge is -2.25. The minimum atomic E-state index is -0.499. The van der Waals surface area contributed by atoms with Crippen LogP contribution in [0.5, 0.6) is 0 Å². The highest BCUT2D eigenvalue weighted by molar-refractivity contribution is 5.90. The van der Waals surface area contributed by atoms with E-state index in [1.807, 2.05) is 24.3 Å². The van der Waals surface area contributed by atoms with Crippen molar-refractivity contribution in [2.24, 2.45) is 0 Å². The van der Waals surface area contributed by atoms with Crippen molar-refractivity contribution in [3.8, 4) is 0 Å². The van der Waals surface area contributed by atoms with Crippen molar-refractivity contribution < 1.29 is 14.5 Å². The van der Waals surface area contributed by atoms with Gasteiger partial charge in [0, 0.05) is 6.07 Å². The summed E-state index contributed by atoms with van der Waals surface area (Å²) in [5.74, 6) is 0.0599. The van der Waals surface area contributed by atoms with Crippen LogP contribution in [0.15, 0.2) is 36.4 Å². The molecule has 2 aromatic rings. The third kappa shape index (κ3) is 3.41. The quantitative estimate of drug-likeness (QED) is 0.688. The number of rotatable bonds is 4. The van der Waals surface area contributed by atoms with E-state index in [9.17, 15) is 14.9 Å². The van der Waals surface area contributed by atoms with Crippen molar-refractivity contribution in [2.45, 2.75) is 25.9 Å². The Balaban J connectivity index is 1.69. The molecule has 0 bridgehead atoms. The summed E-state index contributed by atoms with van der Waals surface area (Å²) in [4.78, 5) is 26.6. The normalized spacial score (nSPS) is 16.3. The van der Waals surface area contributed by atoms with Crippen molar-refractivity contribution in [1.82, 2.24) is 4.98 Å². The number of aryl methyl sites for hydroxylation is 1. The molecule has 0 radical (unpaired) electrons. The molecular weight excluding hydrogens is 310 g/mol. The van der Waals surface area contributed by atoms with Gasteiger partial charge in [-0.2, -0.15) is 0 Å². The zero-order valence-corrected chi connectivity index (χ0v) is 13.2. The number of benzene rings is 1. The van der Waals surface area contributed by atoms with Gasteiger partial charge in [-0.15, -0.1) is 0 Å². The number of hydrogen-bond donors (Lipinski definition) is 1. The van der Waals surface area contributed by atoms with E-state index in [1.165, 1.54) is 24.6 Å². The summed E-state index contributed by atoms with van der Waals surface area (Å²) in [5.41, 5.74) is 2.42. The maximum Gasteiger partial charge on any atom is 0.290 e. The minimum Gasteiger partial charge on any atom is -0.373 e. The smallest absolute Gasteiger partial charge is 0.290 e. The van der Waals surface area contributed by atoms with Crippen molar-refractivity contribution in [3.63, 3.8) is 0 Å². The molecule has 2 heterocycles. The molecule has 1 unspecified atom stereocenters. The van der Waals surface area contributed by atoms with Crippen LogP contribution in [0.1, 0.15) is 29.3 Å². The number of aromatic nitrogens is 1. The van der Waals surface area contributed by atoms with Crippen LogP contribution >= 0.6 is 0 Å². The molecule has 1 aromatic carbocycles. The lowest BCUT2D eigenvalue weighted by molar-refractivity contribution is -0.385. The van der Waals surface area contributed by atoms with Crippen molar-refractivity contribution in [3.05, 3.63) is 63.3 Å². The summed E-state index contributed by atoms with van der Waals surface area (Å²) < 4.78 is 5.72. The summed E-state index contributed by atoms with van der Waals surface area (Å²) in [6.45, 7) is 2.12. The SMILES string of the molecule is Cc1nc(NC(=O)CC2OCCc3ccccc32)ccc1[N+](=O)[O-]. The first kappa shape index (κ1) is 16.1. The summed E-state index contributed by atoms with van der Waals surface area (Å²) >= 11 is 0. The molecule has 1 atom stereocenters. The Morgan fingerprint density at radius 3 is 2.92 bits per heavy atom. The zero-order valence-electron chi connectivity index (χ0n) is 13.2. The van der Waals surface area contributed by atoms with E-state index in [0.717, 1.165) is 12.0 Å². The number of anilines is 1. The Morgan fingerprint density at radius 2 is 2.17 bits per heavy atom. The standard InChI is InChI=1S/C17H17N3O4/c1-11-14(20(22)23)6-7-16(18-11)19-17(21)10-15-13-5-3-2-4-12(13)8-9-24-15/h2-7,15H,8-10H2,1H3,(H,18,19,21). The first-order valence-electron chi connectivity index (χ1n) is 7.66. The number of ether oxygens (including phenoxy) is 1. The van der Waals surface area contributed by atoms with Crippen molar-refractivity contribution >= 4 is 17.4 Å². The molecule has 0 saturated heterocycles. The molecule has 124 valence electrons. The molecule has 1 aromatic heterocycles. The Morgan fingerprint density at radius 1 is 1.38 bits per heavy atom. The summed E-state index contributed by atoms with van der Waals surface area (Å²) in [6.07, 6.45) is 0.737. The third-order valence-corrected chi connectivity index (χ3v) is 3.99. The molecule has 0 saturated carbocycles. The van der Waals surface area contributed by atoms with E-state index in [2.05, 4.69) is 10.3 Å². The number of hydrogen-bond acceptors (Lipinski definition) is 5. The van der Waals surface area contributed by atoms with E-state index in [0.29, 0.717) is 12.4 Å². The highest BCUT2D eigenvalue weighted by Crippen LogP contribution is 2.29. The molecule has 1 aliphatic heterocycles. The number of nitrogens with one attached hydrogen (secondary N) is 1. The molecule has 24 heavy (non-hydrogen) atoms. The van der Waals surface area contributed by atoms with Crippen LogP contribution in [-0.4, -0.2) is 22.4 Å². The van der Waals surface area contributed by atoms with Gasteiger partial charge in [-0.25, -0.2) is 4.98 Å².